The summed E-state index contributed by atoms with van der Waals surface area (Å²) in [6.45, 7) is 2.04. The first-order valence-corrected chi connectivity index (χ1v) is 10.3. The average molecular weight is 415 g/mol. The van der Waals surface area contributed by atoms with Gasteiger partial charge in [-0.3, -0.25) is 4.57 Å². The zero-order valence-corrected chi connectivity index (χ0v) is 16.9. The fourth-order valence-corrected chi connectivity index (χ4v) is 3.87. The summed E-state index contributed by atoms with van der Waals surface area (Å²) in [4.78, 5) is 4.52. The van der Waals surface area contributed by atoms with E-state index in [4.69, 9.17) is 8.94 Å². The second kappa shape index (κ2) is 8.00. The molecule has 0 saturated heterocycles. The summed E-state index contributed by atoms with van der Waals surface area (Å²) in [7, 11) is 0. The van der Waals surface area contributed by atoms with Crippen molar-refractivity contribution in [2.24, 2.45) is 0 Å². The molecule has 0 fully saturated rings. The minimum Gasteiger partial charge on any atom is -0.461 e. The summed E-state index contributed by atoms with van der Waals surface area (Å²) in [6, 6.07) is 21.6. The van der Waals surface area contributed by atoms with Crippen LogP contribution in [0.4, 0.5) is 0 Å². The molecule has 8 heteroatoms. The predicted molar refractivity (Wildman–Crippen MR) is 113 cm³/mol. The molecule has 0 N–H and O–H groups in total. The highest BCUT2D eigenvalue weighted by Gasteiger charge is 2.19. The van der Waals surface area contributed by atoms with Crippen molar-refractivity contribution in [2.45, 2.75) is 17.8 Å². The number of thioether (sulfide) groups is 1. The summed E-state index contributed by atoms with van der Waals surface area (Å²) in [5, 5.41) is 13.5. The van der Waals surface area contributed by atoms with Gasteiger partial charge in [-0.25, -0.2) is 0 Å². The molecular weight excluding hydrogens is 398 g/mol. The lowest BCUT2D eigenvalue weighted by Crippen LogP contribution is -1.99. The highest BCUT2D eigenvalue weighted by molar-refractivity contribution is 7.98. The Morgan fingerprint density at radius 3 is 2.67 bits per heavy atom. The van der Waals surface area contributed by atoms with Crippen LogP contribution in [0.1, 0.15) is 11.5 Å². The van der Waals surface area contributed by atoms with Crippen molar-refractivity contribution >= 4 is 11.8 Å². The number of furan rings is 1. The van der Waals surface area contributed by atoms with Crippen LogP contribution >= 0.6 is 11.8 Å². The Labute approximate surface area is 176 Å². The minimum atomic E-state index is 0.474. The molecule has 2 aromatic carbocycles. The van der Waals surface area contributed by atoms with Gasteiger partial charge in [-0.2, -0.15) is 4.98 Å². The van der Waals surface area contributed by atoms with E-state index in [1.165, 1.54) is 11.8 Å². The maximum Gasteiger partial charge on any atom is 0.237 e. The molecule has 0 bridgehead atoms. The van der Waals surface area contributed by atoms with E-state index >= 15 is 0 Å². The van der Waals surface area contributed by atoms with Crippen molar-refractivity contribution in [3.63, 3.8) is 0 Å². The minimum absolute atomic E-state index is 0.474. The molecule has 5 rings (SSSR count). The molecule has 0 saturated carbocycles. The Morgan fingerprint density at radius 2 is 1.87 bits per heavy atom. The maximum atomic E-state index is 5.55. The van der Waals surface area contributed by atoms with E-state index in [0.29, 0.717) is 34.2 Å². The molecular formula is C22H17N5O2S. The highest BCUT2D eigenvalue weighted by Crippen LogP contribution is 2.30. The Hall–Kier alpha value is -3.65. The number of nitrogens with zero attached hydrogens (tertiary/aromatic N) is 5. The van der Waals surface area contributed by atoms with Gasteiger partial charge >= 0.3 is 0 Å². The average Bonchev–Trinajstić information content (AvgIpc) is 3.53. The lowest BCUT2D eigenvalue weighted by molar-refractivity contribution is 0.391. The van der Waals surface area contributed by atoms with Crippen molar-refractivity contribution in [1.82, 2.24) is 24.9 Å². The normalized spacial score (nSPS) is 11.1. The van der Waals surface area contributed by atoms with Crippen LogP contribution in [0.5, 0.6) is 0 Å². The molecule has 0 spiro atoms. The number of benzene rings is 2. The summed E-state index contributed by atoms with van der Waals surface area (Å²) >= 11 is 1.48. The molecule has 0 aliphatic heterocycles. The lowest BCUT2D eigenvalue weighted by Gasteiger charge is -2.08. The van der Waals surface area contributed by atoms with E-state index in [9.17, 15) is 0 Å². The molecule has 0 amide bonds. The van der Waals surface area contributed by atoms with Crippen LogP contribution in [0.15, 0.2) is 87.1 Å². The van der Waals surface area contributed by atoms with E-state index in [-0.39, 0.29) is 0 Å². The van der Waals surface area contributed by atoms with E-state index in [1.807, 2.05) is 78.2 Å². The molecule has 7 nitrogen and oxygen atoms in total. The van der Waals surface area contributed by atoms with Gasteiger partial charge in [0.15, 0.2) is 10.9 Å². The van der Waals surface area contributed by atoms with Crippen molar-refractivity contribution in [3.05, 3.63) is 84.4 Å². The Kier molecular flexibility index (Phi) is 4.90. The fraction of sp³-hybridized carbons (Fsp3) is 0.0909. The van der Waals surface area contributed by atoms with E-state index in [0.717, 1.165) is 16.8 Å². The molecule has 0 aliphatic rings. The summed E-state index contributed by atoms with van der Waals surface area (Å²) in [5.41, 5.74) is 3.03. The first kappa shape index (κ1) is 18.4. The number of para-hydroxylation sites is 1. The molecule has 3 aromatic heterocycles. The van der Waals surface area contributed by atoms with Crippen LogP contribution < -0.4 is 0 Å². The van der Waals surface area contributed by atoms with E-state index < -0.39 is 0 Å². The molecule has 0 unspecified atom stereocenters. The Balaban J connectivity index is 1.42. The van der Waals surface area contributed by atoms with Gasteiger partial charge in [0.1, 0.15) is 0 Å². The van der Waals surface area contributed by atoms with Crippen LogP contribution in [0.2, 0.25) is 0 Å². The van der Waals surface area contributed by atoms with Gasteiger partial charge in [0.25, 0.3) is 0 Å². The summed E-state index contributed by atoms with van der Waals surface area (Å²) in [6.07, 6.45) is 1.62. The van der Waals surface area contributed by atoms with Crippen LogP contribution in [-0.2, 0) is 5.75 Å². The first-order chi connectivity index (χ1) is 14.8. The van der Waals surface area contributed by atoms with Gasteiger partial charge in [0, 0.05) is 11.3 Å². The number of aryl methyl sites for hydroxylation is 1. The van der Waals surface area contributed by atoms with Gasteiger partial charge in [-0.05, 0) is 37.3 Å². The number of hydrogen-bond acceptors (Lipinski definition) is 7. The zero-order valence-electron chi connectivity index (χ0n) is 16.1. The molecule has 5 aromatic rings. The molecule has 30 heavy (non-hydrogen) atoms. The Bertz CT molecular complexity index is 1260. The third-order valence-corrected chi connectivity index (χ3v) is 5.37. The van der Waals surface area contributed by atoms with E-state index in [1.54, 1.807) is 6.26 Å². The quantitative estimate of drug-likeness (QED) is 0.353. The van der Waals surface area contributed by atoms with Gasteiger partial charge in [0.2, 0.25) is 17.5 Å². The highest BCUT2D eigenvalue weighted by atomic mass is 32.2. The third-order valence-electron chi connectivity index (χ3n) is 4.46. The molecule has 0 aliphatic carbocycles. The second-order valence-corrected chi connectivity index (χ2v) is 7.57. The van der Waals surface area contributed by atoms with Crippen LogP contribution in [-0.4, -0.2) is 24.9 Å². The molecule has 0 atom stereocenters. The van der Waals surface area contributed by atoms with Gasteiger partial charge < -0.3 is 8.94 Å². The summed E-state index contributed by atoms with van der Waals surface area (Å²) < 4.78 is 13.0. The summed E-state index contributed by atoms with van der Waals surface area (Å²) in [5.74, 6) is 2.87. The lowest BCUT2D eigenvalue weighted by atomic mass is 10.1. The first-order valence-electron chi connectivity index (χ1n) is 9.35. The number of hydrogen-bond donors (Lipinski definition) is 0. The van der Waals surface area contributed by atoms with Crippen LogP contribution in [0.3, 0.4) is 0 Å². The topological polar surface area (TPSA) is 82.8 Å². The third kappa shape index (κ3) is 3.65. The zero-order chi connectivity index (χ0) is 20.3. The van der Waals surface area contributed by atoms with Crippen molar-refractivity contribution in [3.8, 4) is 28.7 Å². The SMILES string of the molecule is Cc1cccc(-c2noc(CSc3nnc(-c4ccco4)n3-c3ccccc3)n2)c1. The van der Waals surface area contributed by atoms with Crippen molar-refractivity contribution in [1.29, 1.82) is 0 Å². The van der Waals surface area contributed by atoms with E-state index in [2.05, 4.69) is 20.3 Å². The monoisotopic (exact) mass is 415 g/mol. The smallest absolute Gasteiger partial charge is 0.237 e. The Morgan fingerprint density at radius 1 is 0.967 bits per heavy atom. The molecule has 3 heterocycles. The standard InChI is InChI=1S/C22H17N5O2S/c1-15-7-5-8-16(13-15)20-23-19(29-26-20)14-30-22-25-24-21(18-11-6-12-28-18)27(22)17-9-3-2-4-10-17/h2-13H,14H2,1H3. The van der Waals surface area contributed by atoms with Crippen molar-refractivity contribution in [2.75, 3.05) is 0 Å². The van der Waals surface area contributed by atoms with Gasteiger partial charge in [-0.1, -0.05) is 58.9 Å². The fourth-order valence-electron chi connectivity index (χ4n) is 3.08. The van der Waals surface area contributed by atoms with Gasteiger partial charge in [0.05, 0.1) is 12.0 Å². The number of rotatable bonds is 6. The molecule has 148 valence electrons. The van der Waals surface area contributed by atoms with Crippen molar-refractivity contribution < 1.29 is 8.94 Å². The molecule has 0 radical (unpaired) electrons. The van der Waals surface area contributed by atoms with Crippen LogP contribution in [0, 0.1) is 6.92 Å². The second-order valence-electron chi connectivity index (χ2n) is 6.62. The predicted octanol–water partition coefficient (Wildman–Crippen LogP) is 5.18. The maximum absolute atomic E-state index is 5.55. The largest absolute Gasteiger partial charge is 0.461 e. The van der Waals surface area contributed by atoms with Gasteiger partial charge in [-0.15, -0.1) is 10.2 Å². The number of aromatic nitrogens is 5. The van der Waals surface area contributed by atoms with Crippen LogP contribution in [0.25, 0.3) is 28.7 Å².